The second-order valence-electron chi connectivity index (χ2n) is 9.77. The summed E-state index contributed by atoms with van der Waals surface area (Å²) in [4.78, 5) is 47.1. The largest absolute Gasteiger partial charge is 0.453 e. The molecule has 0 aliphatic heterocycles. The van der Waals surface area contributed by atoms with Crippen molar-refractivity contribution in [2.24, 2.45) is 0 Å². The third-order valence-electron chi connectivity index (χ3n) is 6.78. The summed E-state index contributed by atoms with van der Waals surface area (Å²) in [6.07, 6.45) is 5.61. The molecule has 3 N–H and O–H groups in total. The Labute approximate surface area is 256 Å². The third kappa shape index (κ3) is 7.37. The van der Waals surface area contributed by atoms with E-state index in [1.54, 1.807) is 60.5 Å². The molecule has 2 heterocycles. The maximum atomic E-state index is 13.2. The first-order valence-electron chi connectivity index (χ1n) is 13.2. The number of carbonyl (C=O) groups is 3. The maximum absolute atomic E-state index is 13.2. The Morgan fingerprint density at radius 1 is 1.19 bits per heavy atom. The van der Waals surface area contributed by atoms with Crippen LogP contribution in [0.15, 0.2) is 54.9 Å². The average Bonchev–Trinajstić information content (AvgIpc) is 3.56. The Morgan fingerprint density at radius 3 is 2.63 bits per heavy atom. The molecule has 43 heavy (non-hydrogen) atoms. The van der Waals surface area contributed by atoms with Gasteiger partial charge < -0.3 is 19.9 Å². The fourth-order valence-corrected chi connectivity index (χ4v) is 4.76. The Balaban J connectivity index is 1.38. The normalized spacial score (nSPS) is 13.5. The molecular weight excluding hydrogens is 597 g/mol. The Bertz CT molecular complexity index is 1650. The van der Waals surface area contributed by atoms with Crippen LogP contribution >= 0.6 is 23.2 Å². The molecule has 0 spiro atoms. The number of tetrazole rings is 1. The molecule has 222 valence electrons. The van der Waals surface area contributed by atoms with Crippen molar-refractivity contribution in [3.63, 3.8) is 0 Å². The number of aromatic nitrogens is 6. The Hall–Kier alpha value is -4.75. The minimum absolute atomic E-state index is 0.0368. The average molecular weight is 624 g/mol. The van der Waals surface area contributed by atoms with Crippen LogP contribution in [0.25, 0.3) is 23.0 Å². The molecule has 1 fully saturated rings. The van der Waals surface area contributed by atoms with Crippen molar-refractivity contribution in [1.29, 1.82) is 0 Å². The SMILES string of the molecule is COC(=O)Nc1ccc(-c2nc([C@H](CC(=O)N(C)C3CC3)NC(=O)C=Cc3cc(Cl)ccc3-n3cnnn3)[nH]c2Cl)cc1. The van der Waals surface area contributed by atoms with Crippen LogP contribution < -0.4 is 10.6 Å². The molecule has 1 saturated carbocycles. The highest BCUT2D eigenvalue weighted by Crippen LogP contribution is 2.31. The summed E-state index contributed by atoms with van der Waals surface area (Å²) >= 11 is 12.7. The second-order valence-corrected chi connectivity index (χ2v) is 10.6. The number of benzene rings is 2. The molecule has 2 aromatic heterocycles. The minimum atomic E-state index is -0.810. The molecule has 2 aromatic carbocycles. The highest BCUT2D eigenvalue weighted by molar-refractivity contribution is 6.32. The molecule has 13 nitrogen and oxygen atoms in total. The zero-order valence-corrected chi connectivity index (χ0v) is 24.6. The van der Waals surface area contributed by atoms with Crippen LogP contribution in [0.3, 0.4) is 0 Å². The van der Waals surface area contributed by atoms with Crippen LogP contribution in [0.1, 0.15) is 36.7 Å². The van der Waals surface area contributed by atoms with Gasteiger partial charge in [0.1, 0.15) is 23.0 Å². The van der Waals surface area contributed by atoms with E-state index in [1.807, 2.05) is 0 Å². The summed E-state index contributed by atoms with van der Waals surface area (Å²) in [5.74, 6) is -0.296. The van der Waals surface area contributed by atoms with Gasteiger partial charge in [-0.1, -0.05) is 35.3 Å². The quantitative estimate of drug-likeness (QED) is 0.219. The summed E-state index contributed by atoms with van der Waals surface area (Å²) in [6, 6.07) is 11.3. The minimum Gasteiger partial charge on any atom is -0.453 e. The monoisotopic (exact) mass is 623 g/mol. The summed E-state index contributed by atoms with van der Waals surface area (Å²) in [7, 11) is 3.03. The Kier molecular flexibility index (Phi) is 9.02. The molecule has 0 unspecified atom stereocenters. The van der Waals surface area contributed by atoms with Crippen molar-refractivity contribution >= 4 is 52.9 Å². The van der Waals surface area contributed by atoms with E-state index in [9.17, 15) is 14.4 Å². The van der Waals surface area contributed by atoms with Gasteiger partial charge in [0.2, 0.25) is 11.8 Å². The molecule has 0 radical (unpaired) electrons. The number of H-pyrrole nitrogens is 1. The number of halogens is 2. The highest BCUT2D eigenvalue weighted by atomic mass is 35.5. The predicted molar refractivity (Wildman–Crippen MR) is 160 cm³/mol. The first-order chi connectivity index (χ1) is 20.7. The van der Waals surface area contributed by atoms with Gasteiger partial charge in [-0.2, -0.15) is 4.68 Å². The summed E-state index contributed by atoms with van der Waals surface area (Å²) < 4.78 is 6.07. The zero-order chi connectivity index (χ0) is 30.5. The van der Waals surface area contributed by atoms with Gasteiger partial charge in [-0.15, -0.1) is 5.10 Å². The van der Waals surface area contributed by atoms with Gasteiger partial charge in [0.15, 0.2) is 0 Å². The molecule has 1 aliphatic rings. The van der Waals surface area contributed by atoms with Gasteiger partial charge in [0, 0.05) is 41.0 Å². The van der Waals surface area contributed by atoms with Crippen molar-refractivity contribution < 1.29 is 19.1 Å². The van der Waals surface area contributed by atoms with Gasteiger partial charge in [-0.3, -0.25) is 14.9 Å². The van der Waals surface area contributed by atoms with E-state index in [1.165, 1.54) is 24.2 Å². The van der Waals surface area contributed by atoms with Gasteiger partial charge in [0.05, 0.1) is 25.3 Å². The van der Waals surface area contributed by atoms with E-state index in [-0.39, 0.29) is 23.5 Å². The molecule has 15 heteroatoms. The van der Waals surface area contributed by atoms with E-state index in [0.29, 0.717) is 39.0 Å². The summed E-state index contributed by atoms with van der Waals surface area (Å²) in [5, 5.41) is 17.4. The zero-order valence-electron chi connectivity index (χ0n) is 23.1. The van der Waals surface area contributed by atoms with Crippen LogP contribution in [-0.2, 0) is 14.3 Å². The number of rotatable bonds is 10. The van der Waals surface area contributed by atoms with Gasteiger partial charge in [-0.05, 0) is 59.7 Å². The summed E-state index contributed by atoms with van der Waals surface area (Å²) in [6.45, 7) is 0. The lowest BCUT2D eigenvalue weighted by Crippen LogP contribution is -2.35. The molecule has 0 bridgehead atoms. The van der Waals surface area contributed by atoms with E-state index in [4.69, 9.17) is 23.2 Å². The first kappa shape index (κ1) is 29.7. The highest BCUT2D eigenvalue weighted by Gasteiger charge is 2.32. The van der Waals surface area contributed by atoms with E-state index in [0.717, 1.165) is 12.8 Å². The molecule has 0 saturated heterocycles. The van der Waals surface area contributed by atoms with E-state index < -0.39 is 18.0 Å². The van der Waals surface area contributed by atoms with Crippen LogP contribution in [-0.4, -0.2) is 73.2 Å². The van der Waals surface area contributed by atoms with Gasteiger partial charge >= 0.3 is 6.09 Å². The number of hydrogen-bond acceptors (Lipinski definition) is 8. The predicted octanol–water partition coefficient (Wildman–Crippen LogP) is 4.42. The van der Waals surface area contributed by atoms with Crippen molar-refractivity contribution in [3.05, 3.63) is 76.4 Å². The van der Waals surface area contributed by atoms with Gasteiger partial charge in [0.25, 0.3) is 0 Å². The van der Waals surface area contributed by atoms with Crippen molar-refractivity contribution in [3.8, 4) is 16.9 Å². The van der Waals surface area contributed by atoms with Crippen LogP contribution in [0.5, 0.6) is 0 Å². The molecule has 4 aromatic rings. The Morgan fingerprint density at radius 2 is 1.95 bits per heavy atom. The lowest BCUT2D eigenvalue weighted by Gasteiger charge is -2.21. The van der Waals surface area contributed by atoms with E-state index >= 15 is 0 Å². The van der Waals surface area contributed by atoms with Gasteiger partial charge in [-0.25, -0.2) is 9.78 Å². The summed E-state index contributed by atoms with van der Waals surface area (Å²) in [5.41, 5.74) is 2.82. The van der Waals surface area contributed by atoms with E-state index in [2.05, 4.69) is 40.9 Å². The number of hydrogen-bond donors (Lipinski definition) is 3. The van der Waals surface area contributed by atoms with Crippen molar-refractivity contribution in [2.75, 3.05) is 19.5 Å². The number of methoxy groups -OCH3 is 1. The molecule has 5 rings (SSSR count). The molecule has 1 atom stereocenters. The number of nitrogens with one attached hydrogen (secondary N) is 3. The molecule has 1 aliphatic carbocycles. The second kappa shape index (κ2) is 13.0. The molecular formula is C28H27Cl2N9O4. The number of aromatic amines is 1. The number of nitrogens with zero attached hydrogens (tertiary/aromatic N) is 6. The molecule has 3 amide bonds. The number of amides is 3. The smallest absolute Gasteiger partial charge is 0.411 e. The third-order valence-corrected chi connectivity index (χ3v) is 7.29. The standard InChI is InChI=1S/C28H27Cl2N9O4/c1-38(20-9-10-20)24(41)14-21(27-34-25(26(30)35-27)16-3-7-19(8-4-16)32-28(42)43-2)33-23(40)12-5-17-13-18(29)6-11-22(17)39-15-31-36-37-39/h3-8,11-13,15,20-21H,9-10,14H2,1-2H3,(H,32,42)(H,33,40)(H,34,35)/t21-/m0/s1. The van der Waals surface area contributed by atoms with Crippen LogP contribution in [0.4, 0.5) is 10.5 Å². The fraction of sp³-hybridized carbons (Fsp3) is 0.250. The first-order valence-corrected chi connectivity index (χ1v) is 14.0. The fourth-order valence-electron chi connectivity index (χ4n) is 4.33. The number of anilines is 1. The number of carbonyl (C=O) groups excluding carboxylic acids is 3. The maximum Gasteiger partial charge on any atom is 0.411 e. The number of ether oxygens (including phenoxy) is 1. The van der Waals surface area contributed by atoms with Crippen molar-refractivity contribution in [2.45, 2.75) is 31.3 Å². The van der Waals surface area contributed by atoms with Crippen LogP contribution in [0, 0.1) is 0 Å². The van der Waals surface area contributed by atoms with Crippen LogP contribution in [0.2, 0.25) is 10.2 Å². The lowest BCUT2D eigenvalue weighted by atomic mass is 10.1. The lowest BCUT2D eigenvalue weighted by molar-refractivity contribution is -0.131. The number of imidazole rings is 1. The topological polar surface area (TPSA) is 160 Å². The van der Waals surface area contributed by atoms with Crippen molar-refractivity contribution in [1.82, 2.24) is 40.4 Å².